The molecule has 0 aliphatic heterocycles. The molecule has 1 aliphatic carbocycles. The SMILES string of the molecule is Cc1cc(CN)ccc1COC1CCC1. The monoisotopic (exact) mass is 205 g/mol. The molecule has 1 saturated carbocycles. The van der Waals surface area contributed by atoms with Crippen LogP contribution in [0.15, 0.2) is 18.2 Å². The van der Waals surface area contributed by atoms with Crippen molar-refractivity contribution >= 4 is 0 Å². The number of hydrogen-bond donors (Lipinski definition) is 1. The predicted molar refractivity (Wildman–Crippen MR) is 61.5 cm³/mol. The van der Waals surface area contributed by atoms with Crippen LogP contribution in [-0.4, -0.2) is 6.10 Å². The molecule has 2 heteroatoms. The van der Waals surface area contributed by atoms with Crippen molar-refractivity contribution in [3.05, 3.63) is 34.9 Å². The van der Waals surface area contributed by atoms with Crippen LogP contribution < -0.4 is 5.73 Å². The first-order valence-corrected chi connectivity index (χ1v) is 5.69. The molecule has 0 spiro atoms. The van der Waals surface area contributed by atoms with Crippen LogP contribution >= 0.6 is 0 Å². The molecule has 2 N–H and O–H groups in total. The van der Waals surface area contributed by atoms with E-state index in [4.69, 9.17) is 10.5 Å². The molecular formula is C13H19NO. The van der Waals surface area contributed by atoms with E-state index >= 15 is 0 Å². The molecule has 0 amide bonds. The molecule has 0 unspecified atom stereocenters. The zero-order chi connectivity index (χ0) is 10.7. The van der Waals surface area contributed by atoms with Crippen LogP contribution in [0.3, 0.4) is 0 Å². The van der Waals surface area contributed by atoms with Gasteiger partial charge in [0, 0.05) is 6.54 Å². The molecule has 1 aliphatic rings. The van der Waals surface area contributed by atoms with Crippen LogP contribution in [0.25, 0.3) is 0 Å². The fraction of sp³-hybridized carbons (Fsp3) is 0.538. The number of benzene rings is 1. The maximum Gasteiger partial charge on any atom is 0.0723 e. The molecule has 82 valence electrons. The van der Waals surface area contributed by atoms with E-state index in [0.29, 0.717) is 12.6 Å². The van der Waals surface area contributed by atoms with Gasteiger partial charge in [-0.15, -0.1) is 0 Å². The molecule has 0 radical (unpaired) electrons. The number of rotatable bonds is 4. The van der Waals surface area contributed by atoms with Crippen LogP contribution in [0, 0.1) is 6.92 Å². The van der Waals surface area contributed by atoms with Crippen LogP contribution in [0.4, 0.5) is 0 Å². The second-order valence-corrected chi connectivity index (χ2v) is 4.33. The van der Waals surface area contributed by atoms with E-state index in [1.807, 2.05) is 0 Å². The van der Waals surface area contributed by atoms with E-state index < -0.39 is 0 Å². The predicted octanol–water partition coefficient (Wildman–Crippen LogP) is 2.52. The molecule has 0 bridgehead atoms. The second-order valence-electron chi connectivity index (χ2n) is 4.33. The van der Waals surface area contributed by atoms with Crippen molar-refractivity contribution in [3.8, 4) is 0 Å². The summed E-state index contributed by atoms with van der Waals surface area (Å²) in [6, 6.07) is 6.38. The van der Waals surface area contributed by atoms with Crippen molar-refractivity contribution in [1.82, 2.24) is 0 Å². The first kappa shape index (κ1) is 10.7. The van der Waals surface area contributed by atoms with Crippen molar-refractivity contribution in [2.24, 2.45) is 5.73 Å². The lowest BCUT2D eigenvalue weighted by Gasteiger charge is -2.25. The van der Waals surface area contributed by atoms with Gasteiger partial charge in [-0.05, 0) is 42.9 Å². The summed E-state index contributed by atoms with van der Waals surface area (Å²) >= 11 is 0. The van der Waals surface area contributed by atoms with Crippen molar-refractivity contribution in [3.63, 3.8) is 0 Å². The molecule has 0 heterocycles. The van der Waals surface area contributed by atoms with Gasteiger partial charge in [0.15, 0.2) is 0 Å². The summed E-state index contributed by atoms with van der Waals surface area (Å²) in [5.41, 5.74) is 9.36. The molecule has 2 rings (SSSR count). The number of hydrogen-bond acceptors (Lipinski definition) is 2. The Morgan fingerprint density at radius 2 is 2.20 bits per heavy atom. The van der Waals surface area contributed by atoms with Crippen molar-refractivity contribution < 1.29 is 4.74 Å². The Bertz CT molecular complexity index is 331. The molecule has 0 atom stereocenters. The summed E-state index contributed by atoms with van der Waals surface area (Å²) in [7, 11) is 0. The lowest BCUT2D eigenvalue weighted by molar-refractivity contribution is -0.00885. The average molecular weight is 205 g/mol. The Kier molecular flexibility index (Phi) is 3.39. The zero-order valence-electron chi connectivity index (χ0n) is 9.33. The first-order chi connectivity index (χ1) is 7.29. The highest BCUT2D eigenvalue weighted by atomic mass is 16.5. The largest absolute Gasteiger partial charge is 0.374 e. The van der Waals surface area contributed by atoms with Crippen molar-refractivity contribution in [2.75, 3.05) is 0 Å². The minimum absolute atomic E-state index is 0.513. The van der Waals surface area contributed by atoms with Gasteiger partial charge < -0.3 is 10.5 Å². The molecule has 1 fully saturated rings. The zero-order valence-corrected chi connectivity index (χ0v) is 9.33. The Balaban J connectivity index is 1.95. The summed E-state index contributed by atoms with van der Waals surface area (Å²) in [5, 5.41) is 0. The molecule has 2 nitrogen and oxygen atoms in total. The molecule has 0 saturated heterocycles. The third-order valence-corrected chi connectivity index (χ3v) is 3.17. The fourth-order valence-corrected chi connectivity index (χ4v) is 1.79. The van der Waals surface area contributed by atoms with E-state index in [2.05, 4.69) is 25.1 Å². The van der Waals surface area contributed by atoms with Gasteiger partial charge in [0.25, 0.3) is 0 Å². The number of nitrogens with two attached hydrogens (primary N) is 1. The van der Waals surface area contributed by atoms with E-state index in [9.17, 15) is 0 Å². The highest BCUT2D eigenvalue weighted by Gasteiger charge is 2.17. The first-order valence-electron chi connectivity index (χ1n) is 5.69. The Morgan fingerprint density at radius 1 is 1.40 bits per heavy atom. The van der Waals surface area contributed by atoms with Gasteiger partial charge in [-0.1, -0.05) is 18.2 Å². The van der Waals surface area contributed by atoms with Crippen LogP contribution in [0.1, 0.15) is 36.0 Å². The van der Waals surface area contributed by atoms with Gasteiger partial charge in [0.1, 0.15) is 0 Å². The molecule has 0 aromatic heterocycles. The minimum Gasteiger partial charge on any atom is -0.374 e. The van der Waals surface area contributed by atoms with Crippen LogP contribution in [0.5, 0.6) is 0 Å². The van der Waals surface area contributed by atoms with Gasteiger partial charge in [0.2, 0.25) is 0 Å². The molecule has 1 aromatic carbocycles. The molecular weight excluding hydrogens is 186 g/mol. The lowest BCUT2D eigenvalue weighted by atomic mass is 9.96. The average Bonchev–Trinajstić information content (AvgIpc) is 2.18. The summed E-state index contributed by atoms with van der Waals surface area (Å²) < 4.78 is 5.79. The summed E-state index contributed by atoms with van der Waals surface area (Å²) in [4.78, 5) is 0. The van der Waals surface area contributed by atoms with Gasteiger partial charge >= 0.3 is 0 Å². The molecule has 15 heavy (non-hydrogen) atoms. The Morgan fingerprint density at radius 3 is 2.73 bits per heavy atom. The second kappa shape index (κ2) is 4.77. The maximum absolute atomic E-state index is 5.79. The highest BCUT2D eigenvalue weighted by molar-refractivity contribution is 5.30. The van der Waals surface area contributed by atoms with Crippen molar-refractivity contribution in [1.29, 1.82) is 0 Å². The lowest BCUT2D eigenvalue weighted by Crippen LogP contribution is -2.21. The normalized spacial score (nSPS) is 16.4. The van der Waals surface area contributed by atoms with Gasteiger partial charge in [-0.25, -0.2) is 0 Å². The van der Waals surface area contributed by atoms with E-state index in [1.165, 1.54) is 36.0 Å². The van der Waals surface area contributed by atoms with Crippen LogP contribution in [-0.2, 0) is 17.9 Å². The third-order valence-electron chi connectivity index (χ3n) is 3.17. The minimum atomic E-state index is 0.513. The fourth-order valence-electron chi connectivity index (χ4n) is 1.79. The summed E-state index contributed by atoms with van der Waals surface area (Å²) in [6.07, 6.45) is 4.31. The smallest absolute Gasteiger partial charge is 0.0723 e. The van der Waals surface area contributed by atoms with E-state index in [-0.39, 0.29) is 0 Å². The Labute approximate surface area is 91.4 Å². The molecule has 1 aromatic rings. The topological polar surface area (TPSA) is 35.2 Å². The van der Waals surface area contributed by atoms with Crippen LogP contribution in [0.2, 0.25) is 0 Å². The Hall–Kier alpha value is -0.860. The summed E-state index contributed by atoms with van der Waals surface area (Å²) in [6.45, 7) is 3.49. The van der Waals surface area contributed by atoms with E-state index in [1.54, 1.807) is 0 Å². The highest BCUT2D eigenvalue weighted by Crippen LogP contribution is 2.23. The standard InChI is InChI=1S/C13H19NO/c1-10-7-11(8-14)5-6-12(10)9-15-13-3-2-4-13/h5-7,13H,2-4,8-9,14H2,1H3. The quantitative estimate of drug-likeness (QED) is 0.819. The van der Waals surface area contributed by atoms with Crippen molar-refractivity contribution in [2.45, 2.75) is 45.4 Å². The third kappa shape index (κ3) is 2.58. The van der Waals surface area contributed by atoms with Gasteiger partial charge in [0.05, 0.1) is 12.7 Å². The van der Waals surface area contributed by atoms with Gasteiger partial charge in [-0.3, -0.25) is 0 Å². The summed E-state index contributed by atoms with van der Waals surface area (Å²) in [5.74, 6) is 0. The van der Waals surface area contributed by atoms with Gasteiger partial charge in [-0.2, -0.15) is 0 Å². The number of ether oxygens (including phenoxy) is 1. The number of aryl methyl sites for hydroxylation is 1. The maximum atomic E-state index is 5.79. The van der Waals surface area contributed by atoms with E-state index in [0.717, 1.165) is 6.61 Å².